The Morgan fingerprint density at radius 3 is 2.55 bits per heavy atom. The maximum Gasteiger partial charge on any atom is 0.306 e. The molecular formula is C21H22N2O5S. The van der Waals surface area contributed by atoms with Crippen LogP contribution in [0.1, 0.15) is 57.5 Å². The van der Waals surface area contributed by atoms with Gasteiger partial charge in [0, 0.05) is 12.0 Å². The number of fused-ring (bicyclic) bond motifs is 1. The highest BCUT2D eigenvalue weighted by atomic mass is 32.1. The Kier molecular flexibility index (Phi) is 6.77. The molecule has 0 saturated heterocycles. The van der Waals surface area contributed by atoms with Gasteiger partial charge in [0.15, 0.2) is 12.4 Å². The van der Waals surface area contributed by atoms with Gasteiger partial charge in [-0.3, -0.25) is 19.2 Å². The number of carbonyl (C=O) groups is 4. The normalized spacial score (nSPS) is 12.7. The van der Waals surface area contributed by atoms with Crippen LogP contribution in [0.15, 0.2) is 29.6 Å². The summed E-state index contributed by atoms with van der Waals surface area (Å²) in [5.41, 5.74) is 8.52. The molecule has 1 aromatic carbocycles. The molecule has 152 valence electrons. The van der Waals surface area contributed by atoms with Crippen molar-refractivity contribution in [2.75, 3.05) is 11.9 Å². The molecule has 1 aliphatic rings. The molecule has 0 unspecified atom stereocenters. The first-order valence-electron chi connectivity index (χ1n) is 9.42. The van der Waals surface area contributed by atoms with Crippen LogP contribution >= 0.6 is 11.3 Å². The van der Waals surface area contributed by atoms with Gasteiger partial charge < -0.3 is 15.8 Å². The Hall–Kier alpha value is -3.00. The topological polar surface area (TPSA) is 116 Å². The van der Waals surface area contributed by atoms with Gasteiger partial charge in [-0.2, -0.15) is 0 Å². The molecule has 1 aliphatic carbocycles. The number of benzene rings is 1. The second-order valence-electron chi connectivity index (χ2n) is 6.85. The fourth-order valence-electron chi connectivity index (χ4n) is 3.25. The van der Waals surface area contributed by atoms with Crippen molar-refractivity contribution in [2.24, 2.45) is 5.73 Å². The molecule has 1 aromatic heterocycles. The molecular weight excluding hydrogens is 392 g/mol. The summed E-state index contributed by atoms with van der Waals surface area (Å²) in [4.78, 5) is 47.3. The van der Waals surface area contributed by atoms with E-state index >= 15 is 0 Å². The lowest BCUT2D eigenvalue weighted by atomic mass is 9.89. The Morgan fingerprint density at radius 2 is 1.79 bits per heavy atom. The number of nitrogens with two attached hydrogens (primary N) is 1. The summed E-state index contributed by atoms with van der Waals surface area (Å²) < 4.78 is 4.92. The standard InChI is InChI=1S/C21H22N2O5S/c22-20(27)16-9-10-29-21(16)23-18(25)12-28-19(26)8-7-17(24)15-6-5-13-3-1-2-4-14(13)11-15/h5-6,9-11H,1-4,7-8,12H2,(H2,22,27)(H,23,25). The predicted octanol–water partition coefficient (Wildman–Crippen LogP) is 2.87. The minimum Gasteiger partial charge on any atom is -0.456 e. The Balaban J connectivity index is 1.43. The minimum atomic E-state index is -0.653. The Labute approximate surface area is 172 Å². The van der Waals surface area contributed by atoms with Crippen molar-refractivity contribution in [2.45, 2.75) is 38.5 Å². The fourth-order valence-corrected chi connectivity index (χ4v) is 4.06. The van der Waals surface area contributed by atoms with E-state index in [1.165, 1.54) is 23.6 Å². The number of nitrogens with one attached hydrogen (secondary N) is 1. The minimum absolute atomic E-state index is 0.0238. The maximum atomic E-state index is 12.4. The third kappa shape index (κ3) is 5.51. The summed E-state index contributed by atoms with van der Waals surface area (Å²) in [6.45, 7) is -0.498. The summed E-state index contributed by atoms with van der Waals surface area (Å²) in [6.07, 6.45) is 4.26. The predicted molar refractivity (Wildman–Crippen MR) is 109 cm³/mol. The van der Waals surface area contributed by atoms with E-state index in [0.29, 0.717) is 10.6 Å². The molecule has 3 N–H and O–H groups in total. The summed E-state index contributed by atoms with van der Waals surface area (Å²) in [7, 11) is 0. The molecule has 0 saturated carbocycles. The summed E-state index contributed by atoms with van der Waals surface area (Å²) in [6, 6.07) is 7.23. The first-order chi connectivity index (χ1) is 13.9. The number of esters is 1. The Morgan fingerprint density at radius 1 is 1.03 bits per heavy atom. The van der Waals surface area contributed by atoms with E-state index in [9.17, 15) is 19.2 Å². The van der Waals surface area contributed by atoms with Crippen LogP contribution in [0.25, 0.3) is 0 Å². The van der Waals surface area contributed by atoms with Crippen molar-refractivity contribution >= 4 is 39.9 Å². The zero-order valence-corrected chi connectivity index (χ0v) is 16.7. The quantitative estimate of drug-likeness (QED) is 0.509. The van der Waals surface area contributed by atoms with Crippen LogP contribution in [-0.2, 0) is 27.2 Å². The van der Waals surface area contributed by atoms with Gasteiger partial charge in [0.1, 0.15) is 5.00 Å². The Bertz CT molecular complexity index is 950. The number of thiophene rings is 1. The van der Waals surface area contributed by atoms with Crippen LogP contribution in [0.3, 0.4) is 0 Å². The molecule has 0 radical (unpaired) electrons. The second-order valence-corrected chi connectivity index (χ2v) is 7.77. The highest BCUT2D eigenvalue weighted by Gasteiger charge is 2.16. The molecule has 0 bridgehead atoms. The monoisotopic (exact) mass is 414 g/mol. The van der Waals surface area contributed by atoms with Crippen molar-refractivity contribution < 1.29 is 23.9 Å². The molecule has 29 heavy (non-hydrogen) atoms. The van der Waals surface area contributed by atoms with Gasteiger partial charge in [-0.25, -0.2) is 0 Å². The molecule has 0 fully saturated rings. The third-order valence-corrected chi connectivity index (χ3v) is 5.60. The summed E-state index contributed by atoms with van der Waals surface area (Å²) in [5.74, 6) is -1.99. The lowest BCUT2D eigenvalue weighted by Gasteiger charge is -2.16. The van der Waals surface area contributed by atoms with Gasteiger partial charge in [-0.15, -0.1) is 11.3 Å². The van der Waals surface area contributed by atoms with Gasteiger partial charge in [0.2, 0.25) is 0 Å². The molecule has 0 spiro atoms. The van der Waals surface area contributed by atoms with Crippen molar-refractivity contribution in [3.05, 3.63) is 51.9 Å². The SMILES string of the molecule is NC(=O)c1ccsc1NC(=O)COC(=O)CCC(=O)c1ccc2c(c1)CCCC2. The zero-order valence-electron chi connectivity index (χ0n) is 15.9. The van der Waals surface area contributed by atoms with E-state index in [2.05, 4.69) is 5.32 Å². The maximum absolute atomic E-state index is 12.4. The molecule has 8 heteroatoms. The molecule has 7 nitrogen and oxygen atoms in total. The van der Waals surface area contributed by atoms with Crippen molar-refractivity contribution in [3.8, 4) is 0 Å². The van der Waals surface area contributed by atoms with Gasteiger partial charge in [-0.05, 0) is 54.3 Å². The molecule has 3 rings (SSSR count). The number of ketones is 1. The van der Waals surface area contributed by atoms with E-state index in [1.54, 1.807) is 5.38 Å². The molecule has 0 aliphatic heterocycles. The largest absolute Gasteiger partial charge is 0.456 e. The lowest BCUT2D eigenvalue weighted by molar-refractivity contribution is -0.147. The van der Waals surface area contributed by atoms with Gasteiger partial charge in [-0.1, -0.05) is 12.1 Å². The van der Waals surface area contributed by atoms with E-state index in [0.717, 1.165) is 30.6 Å². The summed E-state index contributed by atoms with van der Waals surface area (Å²) >= 11 is 1.14. The van der Waals surface area contributed by atoms with Crippen molar-refractivity contribution in [1.29, 1.82) is 0 Å². The molecule has 1 heterocycles. The first kappa shape index (κ1) is 20.7. The number of ether oxygens (including phenoxy) is 1. The lowest BCUT2D eigenvalue weighted by Crippen LogP contribution is -2.22. The van der Waals surface area contributed by atoms with Crippen LogP contribution in [-0.4, -0.2) is 30.2 Å². The average Bonchev–Trinajstić information content (AvgIpc) is 3.18. The summed E-state index contributed by atoms with van der Waals surface area (Å²) in [5, 5.41) is 4.41. The highest BCUT2D eigenvalue weighted by Crippen LogP contribution is 2.23. The highest BCUT2D eigenvalue weighted by molar-refractivity contribution is 7.14. The first-order valence-corrected chi connectivity index (χ1v) is 10.3. The number of amides is 2. The average molecular weight is 414 g/mol. The molecule has 2 aromatic rings. The molecule has 2 amide bonds. The smallest absolute Gasteiger partial charge is 0.306 e. The van der Waals surface area contributed by atoms with Gasteiger partial charge in [0.05, 0.1) is 12.0 Å². The van der Waals surface area contributed by atoms with Gasteiger partial charge >= 0.3 is 5.97 Å². The third-order valence-electron chi connectivity index (χ3n) is 4.77. The number of anilines is 1. The number of carbonyl (C=O) groups excluding carboxylic acids is 4. The number of primary amides is 1. The number of aryl methyl sites for hydroxylation is 2. The number of hydrogen-bond donors (Lipinski definition) is 2. The van der Waals surface area contributed by atoms with E-state index in [4.69, 9.17) is 10.5 Å². The molecule has 0 atom stereocenters. The van der Waals surface area contributed by atoms with Gasteiger partial charge in [0.25, 0.3) is 11.8 Å². The van der Waals surface area contributed by atoms with Crippen LogP contribution < -0.4 is 11.1 Å². The van der Waals surface area contributed by atoms with Crippen molar-refractivity contribution in [3.63, 3.8) is 0 Å². The fraction of sp³-hybridized carbons (Fsp3) is 0.333. The van der Waals surface area contributed by atoms with Crippen LogP contribution in [0.5, 0.6) is 0 Å². The second kappa shape index (κ2) is 9.47. The van der Waals surface area contributed by atoms with Crippen LogP contribution in [0.4, 0.5) is 5.00 Å². The van der Waals surface area contributed by atoms with E-state index < -0.39 is 24.4 Å². The zero-order chi connectivity index (χ0) is 20.8. The van der Waals surface area contributed by atoms with E-state index in [1.807, 2.05) is 18.2 Å². The number of rotatable bonds is 8. The number of Topliss-reactive ketones (excluding diaryl/α,β-unsaturated/α-hetero) is 1. The van der Waals surface area contributed by atoms with Crippen LogP contribution in [0, 0.1) is 0 Å². The van der Waals surface area contributed by atoms with E-state index in [-0.39, 0.29) is 24.2 Å². The van der Waals surface area contributed by atoms with Crippen LogP contribution in [0.2, 0.25) is 0 Å². The van der Waals surface area contributed by atoms with Crippen molar-refractivity contribution in [1.82, 2.24) is 0 Å². The number of hydrogen-bond acceptors (Lipinski definition) is 6.